The van der Waals surface area contributed by atoms with E-state index < -0.39 is 0 Å². The quantitative estimate of drug-likeness (QED) is 0.811. The lowest BCUT2D eigenvalue weighted by atomic mass is 10.0. The maximum absolute atomic E-state index is 5.76. The number of nitrogens with one attached hydrogen (secondary N) is 1. The zero-order valence-electron chi connectivity index (χ0n) is 9.65. The molecule has 0 spiro atoms. The van der Waals surface area contributed by atoms with Crippen molar-refractivity contribution in [3.05, 3.63) is 18.3 Å². The molecule has 1 aromatic heterocycles. The van der Waals surface area contributed by atoms with Crippen molar-refractivity contribution in [1.82, 2.24) is 4.98 Å². The SMILES string of the molecule is COc1cc(NC2CCCC2CN)ccn1. The molecule has 4 nitrogen and oxygen atoms in total. The fraction of sp³-hybridized carbons (Fsp3) is 0.583. The summed E-state index contributed by atoms with van der Waals surface area (Å²) in [6.45, 7) is 0.764. The molecule has 0 bridgehead atoms. The highest BCUT2D eigenvalue weighted by Crippen LogP contribution is 2.28. The van der Waals surface area contributed by atoms with E-state index in [1.54, 1.807) is 13.3 Å². The Morgan fingerprint density at radius 2 is 2.44 bits per heavy atom. The molecule has 0 saturated heterocycles. The van der Waals surface area contributed by atoms with Gasteiger partial charge in [-0.3, -0.25) is 0 Å². The summed E-state index contributed by atoms with van der Waals surface area (Å²) in [5.74, 6) is 1.24. The summed E-state index contributed by atoms with van der Waals surface area (Å²) in [5, 5.41) is 3.52. The molecule has 0 amide bonds. The van der Waals surface area contributed by atoms with Crippen LogP contribution >= 0.6 is 0 Å². The molecule has 16 heavy (non-hydrogen) atoms. The summed E-state index contributed by atoms with van der Waals surface area (Å²) in [6, 6.07) is 4.39. The maximum atomic E-state index is 5.76. The van der Waals surface area contributed by atoms with Crippen molar-refractivity contribution >= 4 is 5.69 Å². The second kappa shape index (κ2) is 5.16. The molecule has 0 aliphatic heterocycles. The van der Waals surface area contributed by atoms with Gasteiger partial charge in [0, 0.05) is 24.0 Å². The lowest BCUT2D eigenvalue weighted by molar-refractivity contribution is 0.398. The van der Waals surface area contributed by atoms with Crippen molar-refractivity contribution in [3.8, 4) is 5.88 Å². The predicted octanol–water partition coefficient (Wildman–Crippen LogP) is 1.63. The highest BCUT2D eigenvalue weighted by atomic mass is 16.5. The monoisotopic (exact) mass is 221 g/mol. The van der Waals surface area contributed by atoms with E-state index >= 15 is 0 Å². The first kappa shape index (κ1) is 11.2. The van der Waals surface area contributed by atoms with E-state index in [1.807, 2.05) is 12.1 Å². The molecule has 3 N–H and O–H groups in total. The van der Waals surface area contributed by atoms with Crippen LogP contribution in [0.3, 0.4) is 0 Å². The minimum Gasteiger partial charge on any atom is -0.481 e. The molecule has 1 aliphatic rings. The van der Waals surface area contributed by atoms with Gasteiger partial charge in [0.05, 0.1) is 7.11 Å². The highest BCUT2D eigenvalue weighted by Gasteiger charge is 2.25. The molecule has 1 heterocycles. The van der Waals surface area contributed by atoms with E-state index in [-0.39, 0.29) is 0 Å². The van der Waals surface area contributed by atoms with E-state index in [0.29, 0.717) is 17.8 Å². The van der Waals surface area contributed by atoms with Gasteiger partial charge >= 0.3 is 0 Å². The van der Waals surface area contributed by atoms with Gasteiger partial charge in [0.1, 0.15) is 0 Å². The van der Waals surface area contributed by atoms with Crippen molar-refractivity contribution in [2.24, 2.45) is 11.7 Å². The molecule has 2 unspecified atom stereocenters. The lowest BCUT2D eigenvalue weighted by Crippen LogP contribution is -2.29. The Kier molecular flexibility index (Phi) is 3.62. The van der Waals surface area contributed by atoms with E-state index in [4.69, 9.17) is 10.5 Å². The van der Waals surface area contributed by atoms with Gasteiger partial charge in [0.25, 0.3) is 0 Å². The molecule has 0 radical (unpaired) electrons. The average molecular weight is 221 g/mol. The molecule has 2 rings (SSSR count). The van der Waals surface area contributed by atoms with Crippen molar-refractivity contribution in [3.63, 3.8) is 0 Å². The summed E-state index contributed by atoms with van der Waals surface area (Å²) < 4.78 is 5.10. The standard InChI is InChI=1S/C12H19N3O/c1-16-12-7-10(5-6-14-12)15-11-4-2-3-9(11)8-13/h5-7,9,11H,2-4,8,13H2,1H3,(H,14,15). The fourth-order valence-corrected chi connectivity index (χ4v) is 2.33. The average Bonchev–Trinajstić information content (AvgIpc) is 2.76. The zero-order valence-corrected chi connectivity index (χ0v) is 9.65. The van der Waals surface area contributed by atoms with Crippen LogP contribution in [0, 0.1) is 5.92 Å². The van der Waals surface area contributed by atoms with Crippen molar-refractivity contribution < 1.29 is 4.74 Å². The Bertz CT molecular complexity index is 343. The van der Waals surface area contributed by atoms with Crippen molar-refractivity contribution in [2.75, 3.05) is 19.0 Å². The number of aromatic nitrogens is 1. The highest BCUT2D eigenvalue weighted by molar-refractivity contribution is 5.46. The third kappa shape index (κ3) is 2.44. The van der Waals surface area contributed by atoms with Crippen LogP contribution in [0.5, 0.6) is 5.88 Å². The molecule has 1 fully saturated rings. The number of ether oxygens (including phenoxy) is 1. The Morgan fingerprint density at radius 3 is 3.19 bits per heavy atom. The smallest absolute Gasteiger partial charge is 0.214 e. The number of pyridine rings is 1. The molecule has 1 saturated carbocycles. The largest absolute Gasteiger partial charge is 0.481 e. The van der Waals surface area contributed by atoms with E-state index in [1.165, 1.54) is 19.3 Å². The summed E-state index contributed by atoms with van der Waals surface area (Å²) >= 11 is 0. The molecule has 2 atom stereocenters. The third-order valence-electron chi connectivity index (χ3n) is 3.26. The van der Waals surface area contributed by atoms with Crippen LogP contribution in [0.2, 0.25) is 0 Å². The Hall–Kier alpha value is -1.29. The van der Waals surface area contributed by atoms with Gasteiger partial charge in [-0.1, -0.05) is 6.42 Å². The number of nitrogens with zero attached hydrogens (tertiary/aromatic N) is 1. The minimum absolute atomic E-state index is 0.497. The number of rotatable bonds is 4. The van der Waals surface area contributed by atoms with Crippen molar-refractivity contribution in [2.45, 2.75) is 25.3 Å². The summed E-state index contributed by atoms with van der Waals surface area (Å²) in [7, 11) is 1.63. The molecule has 1 aliphatic carbocycles. The number of hydrogen-bond acceptors (Lipinski definition) is 4. The number of methoxy groups -OCH3 is 1. The Morgan fingerprint density at radius 1 is 1.56 bits per heavy atom. The van der Waals surface area contributed by atoms with Crippen LogP contribution in [-0.4, -0.2) is 24.7 Å². The first-order valence-corrected chi connectivity index (χ1v) is 5.80. The van der Waals surface area contributed by atoms with Crippen LogP contribution in [0.15, 0.2) is 18.3 Å². The first-order valence-electron chi connectivity index (χ1n) is 5.80. The minimum atomic E-state index is 0.497. The van der Waals surface area contributed by atoms with Gasteiger partial charge in [-0.15, -0.1) is 0 Å². The molecular formula is C12H19N3O. The van der Waals surface area contributed by atoms with Gasteiger partial charge in [0.2, 0.25) is 5.88 Å². The van der Waals surface area contributed by atoms with Gasteiger partial charge in [-0.05, 0) is 31.4 Å². The van der Waals surface area contributed by atoms with Crippen LogP contribution in [0.25, 0.3) is 0 Å². The number of nitrogens with two attached hydrogens (primary N) is 1. The fourth-order valence-electron chi connectivity index (χ4n) is 2.33. The van der Waals surface area contributed by atoms with Gasteiger partial charge in [-0.2, -0.15) is 0 Å². The maximum Gasteiger partial charge on any atom is 0.214 e. The number of hydrogen-bond donors (Lipinski definition) is 2. The number of anilines is 1. The van der Waals surface area contributed by atoms with E-state index in [9.17, 15) is 0 Å². The van der Waals surface area contributed by atoms with Crippen molar-refractivity contribution in [1.29, 1.82) is 0 Å². The topological polar surface area (TPSA) is 60.2 Å². The van der Waals surface area contributed by atoms with E-state index in [0.717, 1.165) is 12.2 Å². The Balaban J connectivity index is 2.02. The van der Waals surface area contributed by atoms with Gasteiger partial charge in [-0.25, -0.2) is 4.98 Å². The van der Waals surface area contributed by atoms with Crippen LogP contribution in [0.4, 0.5) is 5.69 Å². The molecular weight excluding hydrogens is 202 g/mol. The second-order valence-electron chi connectivity index (χ2n) is 4.26. The summed E-state index contributed by atoms with van der Waals surface area (Å²) in [6.07, 6.45) is 5.46. The van der Waals surface area contributed by atoms with Crippen LogP contribution < -0.4 is 15.8 Å². The molecule has 0 aromatic carbocycles. The molecule has 4 heteroatoms. The van der Waals surface area contributed by atoms with Gasteiger partial charge in [0.15, 0.2) is 0 Å². The third-order valence-corrected chi connectivity index (χ3v) is 3.26. The summed E-state index contributed by atoms with van der Waals surface area (Å²) in [4.78, 5) is 4.08. The normalized spacial score (nSPS) is 24.4. The summed E-state index contributed by atoms with van der Waals surface area (Å²) in [5.41, 5.74) is 6.82. The molecule has 88 valence electrons. The second-order valence-corrected chi connectivity index (χ2v) is 4.26. The first-order chi connectivity index (χ1) is 7.83. The molecule has 1 aromatic rings. The lowest BCUT2D eigenvalue weighted by Gasteiger charge is -2.20. The van der Waals surface area contributed by atoms with Crippen LogP contribution in [0.1, 0.15) is 19.3 Å². The predicted molar refractivity (Wildman–Crippen MR) is 64.6 cm³/mol. The van der Waals surface area contributed by atoms with Gasteiger partial charge < -0.3 is 15.8 Å². The van der Waals surface area contributed by atoms with E-state index in [2.05, 4.69) is 10.3 Å². The Labute approximate surface area is 96.2 Å². The van der Waals surface area contributed by atoms with Crippen LogP contribution in [-0.2, 0) is 0 Å². The zero-order chi connectivity index (χ0) is 11.4.